The van der Waals surface area contributed by atoms with Crippen LogP contribution in [-0.2, 0) is 0 Å². The van der Waals surface area contributed by atoms with Crippen LogP contribution in [0.4, 0.5) is 5.69 Å². The number of hydrogen-bond donors (Lipinski definition) is 0. The first-order valence-electron chi connectivity index (χ1n) is 3.15. The molecule has 0 aliphatic carbocycles. The van der Waals surface area contributed by atoms with Gasteiger partial charge in [0.25, 0.3) is 0 Å². The quantitative estimate of drug-likeness (QED) is 0.436. The van der Waals surface area contributed by atoms with Gasteiger partial charge in [0.1, 0.15) is 0 Å². The summed E-state index contributed by atoms with van der Waals surface area (Å²) in [6.45, 7) is 0. The van der Waals surface area contributed by atoms with E-state index in [4.69, 9.17) is 0 Å². The van der Waals surface area contributed by atoms with E-state index in [1.54, 1.807) is 12.1 Å². The molecule has 1 aromatic rings. The molecule has 0 heterocycles. The maximum absolute atomic E-state index is 11.0. The van der Waals surface area contributed by atoms with E-state index in [1.807, 2.05) is 31.1 Å². The Labute approximate surface area is 89.1 Å². The maximum Gasteiger partial charge on any atom is 1.00 e. The number of benzene rings is 1. The Bertz CT molecular complexity index is 225. The summed E-state index contributed by atoms with van der Waals surface area (Å²) in [5.74, 6) is 0.0764. The van der Waals surface area contributed by atoms with Gasteiger partial charge in [-0.05, 0) is 6.07 Å². The molecule has 0 N–H and O–H groups in total. The predicted octanol–water partition coefficient (Wildman–Crippen LogP) is -2.17. The third-order valence-electron chi connectivity index (χ3n) is 1.35. The van der Waals surface area contributed by atoms with Crippen molar-refractivity contribution in [2.45, 2.75) is 0 Å². The van der Waals surface area contributed by atoms with Gasteiger partial charge in [0.2, 0.25) is 0 Å². The SMILES string of the molecule is CN(C)c1ccccc1[O-].[Na+]. The van der Waals surface area contributed by atoms with Crippen molar-refractivity contribution >= 4 is 5.69 Å². The molecule has 0 unspecified atom stereocenters. The van der Waals surface area contributed by atoms with Crippen LogP contribution in [0, 0.1) is 0 Å². The van der Waals surface area contributed by atoms with Crippen LogP contribution < -0.4 is 39.6 Å². The molecule has 0 bridgehead atoms. The van der Waals surface area contributed by atoms with Gasteiger partial charge in [0, 0.05) is 19.8 Å². The molecule has 0 fully saturated rings. The van der Waals surface area contributed by atoms with E-state index < -0.39 is 0 Å². The average Bonchev–Trinajstić information content (AvgIpc) is 1.88. The second kappa shape index (κ2) is 4.65. The molecule has 0 saturated carbocycles. The average molecular weight is 159 g/mol. The summed E-state index contributed by atoms with van der Waals surface area (Å²) in [5.41, 5.74) is 0.738. The van der Waals surface area contributed by atoms with Crippen molar-refractivity contribution in [3.8, 4) is 5.75 Å². The summed E-state index contributed by atoms with van der Waals surface area (Å²) < 4.78 is 0. The monoisotopic (exact) mass is 159 g/mol. The van der Waals surface area contributed by atoms with E-state index >= 15 is 0 Å². The molecule has 0 saturated heterocycles. The molecule has 0 aromatic heterocycles. The fourth-order valence-corrected chi connectivity index (χ4v) is 0.827. The van der Waals surface area contributed by atoms with Gasteiger partial charge in [-0.15, -0.1) is 0 Å². The smallest absolute Gasteiger partial charge is 0.871 e. The standard InChI is InChI=1S/C8H11NO.Na/c1-9(2)7-5-3-4-6-8(7)10;/h3-6,10H,1-2H3;/q;+1/p-1. The fraction of sp³-hybridized carbons (Fsp3) is 0.250. The van der Waals surface area contributed by atoms with Gasteiger partial charge in [-0.2, -0.15) is 0 Å². The Morgan fingerprint density at radius 1 is 1.18 bits per heavy atom. The van der Waals surface area contributed by atoms with Crippen LogP contribution in [0.25, 0.3) is 0 Å². The summed E-state index contributed by atoms with van der Waals surface area (Å²) in [6, 6.07) is 6.98. The van der Waals surface area contributed by atoms with Gasteiger partial charge in [-0.25, -0.2) is 0 Å². The molecule has 0 radical (unpaired) electrons. The molecule has 1 aromatic carbocycles. The van der Waals surface area contributed by atoms with Crippen molar-refractivity contribution in [1.29, 1.82) is 0 Å². The van der Waals surface area contributed by atoms with Crippen molar-refractivity contribution in [3.63, 3.8) is 0 Å². The predicted molar refractivity (Wildman–Crippen MR) is 40.2 cm³/mol. The number of hydrogen-bond acceptors (Lipinski definition) is 2. The number of nitrogens with zero attached hydrogens (tertiary/aromatic N) is 1. The molecular weight excluding hydrogens is 149 g/mol. The summed E-state index contributed by atoms with van der Waals surface area (Å²) in [4.78, 5) is 1.81. The van der Waals surface area contributed by atoms with Crippen molar-refractivity contribution in [1.82, 2.24) is 0 Å². The molecule has 0 spiro atoms. The topological polar surface area (TPSA) is 26.3 Å². The first-order chi connectivity index (χ1) is 4.72. The van der Waals surface area contributed by atoms with Crippen LogP contribution in [0.5, 0.6) is 5.75 Å². The van der Waals surface area contributed by atoms with E-state index in [9.17, 15) is 5.11 Å². The largest absolute Gasteiger partial charge is 1.00 e. The minimum atomic E-state index is 0. The van der Waals surface area contributed by atoms with Gasteiger partial charge in [-0.3, -0.25) is 0 Å². The van der Waals surface area contributed by atoms with Crippen LogP contribution in [-0.4, -0.2) is 14.1 Å². The Morgan fingerprint density at radius 2 is 1.73 bits per heavy atom. The zero-order valence-electron chi connectivity index (χ0n) is 7.16. The molecule has 11 heavy (non-hydrogen) atoms. The third kappa shape index (κ3) is 2.73. The van der Waals surface area contributed by atoms with Crippen molar-refractivity contribution in [2.75, 3.05) is 19.0 Å². The van der Waals surface area contributed by atoms with Gasteiger partial charge >= 0.3 is 29.6 Å². The van der Waals surface area contributed by atoms with Crippen molar-refractivity contribution in [2.24, 2.45) is 0 Å². The van der Waals surface area contributed by atoms with Gasteiger partial charge in [0.05, 0.1) is 0 Å². The van der Waals surface area contributed by atoms with Gasteiger partial charge < -0.3 is 10.0 Å². The first-order valence-corrected chi connectivity index (χ1v) is 3.15. The molecule has 54 valence electrons. The van der Waals surface area contributed by atoms with Crippen molar-refractivity contribution < 1.29 is 34.7 Å². The molecular formula is C8H10NNaO. The number of anilines is 1. The van der Waals surface area contributed by atoms with E-state index in [-0.39, 0.29) is 35.3 Å². The molecule has 0 aliphatic heterocycles. The first kappa shape index (κ1) is 10.8. The minimum absolute atomic E-state index is 0. The Hall–Kier alpha value is -0.180. The van der Waals surface area contributed by atoms with Crippen LogP contribution >= 0.6 is 0 Å². The summed E-state index contributed by atoms with van der Waals surface area (Å²) >= 11 is 0. The number of para-hydroxylation sites is 2. The Balaban J connectivity index is 0.000001000. The summed E-state index contributed by atoms with van der Waals surface area (Å²) in [6.07, 6.45) is 0. The summed E-state index contributed by atoms with van der Waals surface area (Å²) in [5, 5.41) is 11.0. The zero-order chi connectivity index (χ0) is 7.56. The van der Waals surface area contributed by atoms with E-state index in [0.29, 0.717) is 0 Å². The fourth-order valence-electron chi connectivity index (χ4n) is 0.827. The van der Waals surface area contributed by atoms with Crippen LogP contribution in [0.2, 0.25) is 0 Å². The molecule has 3 heteroatoms. The van der Waals surface area contributed by atoms with Crippen LogP contribution in [0.1, 0.15) is 0 Å². The van der Waals surface area contributed by atoms with Crippen LogP contribution in [0.3, 0.4) is 0 Å². The van der Waals surface area contributed by atoms with E-state index in [1.165, 1.54) is 0 Å². The van der Waals surface area contributed by atoms with Crippen molar-refractivity contribution in [3.05, 3.63) is 24.3 Å². The van der Waals surface area contributed by atoms with Crippen LogP contribution in [0.15, 0.2) is 24.3 Å². The zero-order valence-corrected chi connectivity index (χ0v) is 9.16. The van der Waals surface area contributed by atoms with Gasteiger partial charge in [-0.1, -0.05) is 23.9 Å². The Morgan fingerprint density at radius 3 is 2.09 bits per heavy atom. The molecule has 0 atom stereocenters. The third-order valence-corrected chi connectivity index (χ3v) is 1.35. The molecule has 1 rings (SSSR count). The second-order valence-corrected chi connectivity index (χ2v) is 2.36. The second-order valence-electron chi connectivity index (χ2n) is 2.36. The Kier molecular flexibility index (Phi) is 4.57. The maximum atomic E-state index is 11.0. The minimum Gasteiger partial charge on any atom is -0.871 e. The summed E-state index contributed by atoms with van der Waals surface area (Å²) in [7, 11) is 3.72. The van der Waals surface area contributed by atoms with Gasteiger partial charge in [0.15, 0.2) is 0 Å². The van der Waals surface area contributed by atoms with E-state index in [0.717, 1.165) is 5.69 Å². The number of rotatable bonds is 1. The molecule has 0 amide bonds. The van der Waals surface area contributed by atoms with E-state index in [2.05, 4.69) is 0 Å². The normalized spacial score (nSPS) is 8.55. The molecule has 2 nitrogen and oxygen atoms in total. The molecule has 0 aliphatic rings.